The molecule has 0 aliphatic heterocycles. The van der Waals surface area contributed by atoms with Crippen LogP contribution in [0.25, 0.3) is 22.4 Å². The molecule has 1 N–H and O–H groups in total. The predicted molar refractivity (Wildman–Crippen MR) is 116 cm³/mol. The van der Waals surface area contributed by atoms with Crippen LogP contribution in [0.15, 0.2) is 18.3 Å². The van der Waals surface area contributed by atoms with Crippen molar-refractivity contribution >= 4 is 11.2 Å². The Morgan fingerprint density at radius 2 is 1.90 bits per heavy atom. The normalized spacial score (nSPS) is 12.7. The Labute approximate surface area is 173 Å². The molecule has 29 heavy (non-hydrogen) atoms. The number of aliphatic hydroxyl groups excluding tert-OH is 1. The highest BCUT2D eigenvalue weighted by Crippen LogP contribution is 2.34. The number of aromatic nitrogens is 4. The number of methoxy groups -OCH3 is 1. The summed E-state index contributed by atoms with van der Waals surface area (Å²) in [5, 5.41) is 9.90. The van der Waals surface area contributed by atoms with E-state index in [9.17, 15) is 5.11 Å². The molecule has 3 heterocycles. The molecule has 0 aliphatic rings. The lowest BCUT2D eigenvalue weighted by atomic mass is 9.97. The Morgan fingerprint density at radius 1 is 1.14 bits per heavy atom. The predicted octanol–water partition coefficient (Wildman–Crippen LogP) is 4.60. The molecule has 0 bridgehead atoms. The van der Waals surface area contributed by atoms with Crippen molar-refractivity contribution in [2.45, 2.75) is 58.8 Å². The van der Waals surface area contributed by atoms with Crippen LogP contribution in [0.1, 0.15) is 69.3 Å². The number of ether oxygens (including phenoxy) is 1. The van der Waals surface area contributed by atoms with Gasteiger partial charge in [0.25, 0.3) is 0 Å². The zero-order valence-corrected chi connectivity index (χ0v) is 18.4. The monoisotopic (exact) mass is 396 g/mol. The highest BCUT2D eigenvalue weighted by molar-refractivity contribution is 5.81. The zero-order chi connectivity index (χ0) is 21.1. The maximum atomic E-state index is 9.90. The topological polar surface area (TPSA) is 73.1 Å². The van der Waals surface area contributed by atoms with Gasteiger partial charge in [-0.3, -0.25) is 0 Å². The summed E-state index contributed by atoms with van der Waals surface area (Å²) in [4.78, 5) is 14.7. The van der Waals surface area contributed by atoms with Crippen molar-refractivity contribution in [3.63, 3.8) is 0 Å². The first-order valence-corrected chi connectivity index (χ1v) is 10.5. The second-order valence-electron chi connectivity index (χ2n) is 7.86. The zero-order valence-electron chi connectivity index (χ0n) is 18.4. The first-order valence-electron chi connectivity index (χ1n) is 10.5. The molecule has 0 aliphatic carbocycles. The molecule has 0 saturated carbocycles. The lowest BCUT2D eigenvalue weighted by molar-refractivity contribution is 0.259. The summed E-state index contributed by atoms with van der Waals surface area (Å²) in [5.41, 5.74) is 6.34. The average molecular weight is 397 g/mol. The molecular formula is C23H32N4O2. The molecule has 0 unspecified atom stereocenters. The number of hydrogen-bond acceptors (Lipinski definition) is 5. The van der Waals surface area contributed by atoms with E-state index in [1.807, 2.05) is 23.7 Å². The van der Waals surface area contributed by atoms with E-state index in [-0.39, 0.29) is 12.5 Å². The third-order valence-corrected chi connectivity index (χ3v) is 5.44. The highest BCUT2D eigenvalue weighted by Gasteiger charge is 2.22. The lowest BCUT2D eigenvalue weighted by Gasteiger charge is -2.14. The number of aryl methyl sites for hydroxylation is 2. The Bertz CT molecular complexity index is 994. The smallest absolute Gasteiger partial charge is 0.222 e. The van der Waals surface area contributed by atoms with Crippen LogP contribution in [0.5, 0.6) is 5.88 Å². The second kappa shape index (κ2) is 8.91. The van der Waals surface area contributed by atoms with Crippen LogP contribution in [0, 0.1) is 0 Å². The van der Waals surface area contributed by atoms with E-state index in [2.05, 4.69) is 38.9 Å². The Hall–Kier alpha value is -2.47. The van der Waals surface area contributed by atoms with Gasteiger partial charge < -0.3 is 14.4 Å². The van der Waals surface area contributed by atoms with Gasteiger partial charge in [0.1, 0.15) is 5.52 Å². The molecule has 0 radical (unpaired) electrons. The molecule has 0 spiro atoms. The number of hydrogen-bond donors (Lipinski definition) is 1. The van der Waals surface area contributed by atoms with E-state index in [1.165, 1.54) is 0 Å². The van der Waals surface area contributed by atoms with E-state index in [0.29, 0.717) is 11.8 Å². The molecule has 3 rings (SSSR count). The molecule has 3 aromatic heterocycles. The number of pyridine rings is 1. The van der Waals surface area contributed by atoms with Crippen LogP contribution in [0.3, 0.4) is 0 Å². The molecule has 1 atom stereocenters. The van der Waals surface area contributed by atoms with Crippen LogP contribution in [0.4, 0.5) is 0 Å². The van der Waals surface area contributed by atoms with Crippen LogP contribution in [-0.2, 0) is 13.5 Å². The van der Waals surface area contributed by atoms with Crippen molar-refractivity contribution in [2.24, 2.45) is 7.05 Å². The summed E-state index contributed by atoms with van der Waals surface area (Å²) < 4.78 is 7.61. The van der Waals surface area contributed by atoms with Gasteiger partial charge in [-0.15, -0.1) is 0 Å². The Morgan fingerprint density at radius 3 is 2.48 bits per heavy atom. The first kappa shape index (κ1) is 21.2. The van der Waals surface area contributed by atoms with Gasteiger partial charge in [0.05, 0.1) is 30.7 Å². The fraction of sp³-hybridized carbons (Fsp3) is 0.522. The van der Waals surface area contributed by atoms with E-state index < -0.39 is 0 Å². The molecule has 0 fully saturated rings. The van der Waals surface area contributed by atoms with Gasteiger partial charge in [-0.05, 0) is 30.9 Å². The summed E-state index contributed by atoms with van der Waals surface area (Å²) in [6, 6.07) is 4.07. The van der Waals surface area contributed by atoms with Gasteiger partial charge in [-0.25, -0.2) is 15.0 Å². The molecule has 0 aromatic carbocycles. The van der Waals surface area contributed by atoms with Crippen molar-refractivity contribution in [3.05, 3.63) is 35.3 Å². The quantitative estimate of drug-likeness (QED) is 0.602. The highest BCUT2D eigenvalue weighted by atomic mass is 16.5. The van der Waals surface area contributed by atoms with Gasteiger partial charge in [0.2, 0.25) is 5.88 Å². The molecule has 156 valence electrons. The van der Waals surface area contributed by atoms with E-state index >= 15 is 0 Å². The maximum Gasteiger partial charge on any atom is 0.222 e. The average Bonchev–Trinajstić information content (AvgIpc) is 3.05. The van der Waals surface area contributed by atoms with Crippen molar-refractivity contribution in [3.8, 4) is 17.1 Å². The largest absolute Gasteiger partial charge is 0.480 e. The standard InChI is InChI=1S/C23H32N4O2/c1-7-9-15(13-28)17-12-27(5)22-21(17)24-18(8-2)20(26-22)16-10-11-19(14(3)4)25-23(16)29-6/h10-12,14-15,28H,7-9,13H2,1-6H3/t15-/m1/s1. The number of fused-ring (bicyclic) bond motifs is 1. The van der Waals surface area contributed by atoms with E-state index in [0.717, 1.165) is 58.6 Å². The minimum absolute atomic E-state index is 0.0788. The molecule has 0 amide bonds. The van der Waals surface area contributed by atoms with E-state index in [4.69, 9.17) is 14.7 Å². The van der Waals surface area contributed by atoms with Crippen LogP contribution in [-0.4, -0.2) is 38.3 Å². The minimum Gasteiger partial charge on any atom is -0.480 e. The third-order valence-electron chi connectivity index (χ3n) is 5.44. The summed E-state index contributed by atoms with van der Waals surface area (Å²) in [7, 11) is 3.62. The van der Waals surface area contributed by atoms with Crippen molar-refractivity contribution in [2.75, 3.05) is 13.7 Å². The summed E-state index contributed by atoms with van der Waals surface area (Å²) in [5.74, 6) is 0.977. The molecule has 3 aromatic rings. The van der Waals surface area contributed by atoms with E-state index in [1.54, 1.807) is 7.11 Å². The number of rotatable bonds is 8. The molecule has 6 nitrogen and oxygen atoms in total. The van der Waals surface area contributed by atoms with Crippen molar-refractivity contribution < 1.29 is 9.84 Å². The van der Waals surface area contributed by atoms with Gasteiger partial charge in [-0.1, -0.05) is 34.1 Å². The summed E-state index contributed by atoms with van der Waals surface area (Å²) >= 11 is 0. The second-order valence-corrected chi connectivity index (χ2v) is 7.86. The third kappa shape index (κ3) is 3.99. The van der Waals surface area contributed by atoms with Gasteiger partial charge in [0.15, 0.2) is 5.65 Å². The van der Waals surface area contributed by atoms with Crippen molar-refractivity contribution in [1.29, 1.82) is 0 Å². The molecule has 6 heteroatoms. The fourth-order valence-corrected chi connectivity index (χ4v) is 3.80. The molecule has 0 saturated heterocycles. The summed E-state index contributed by atoms with van der Waals surface area (Å²) in [6.07, 6.45) is 4.74. The van der Waals surface area contributed by atoms with Gasteiger partial charge in [0, 0.05) is 30.4 Å². The van der Waals surface area contributed by atoms with Crippen LogP contribution in [0.2, 0.25) is 0 Å². The fourth-order valence-electron chi connectivity index (χ4n) is 3.80. The van der Waals surface area contributed by atoms with Crippen molar-refractivity contribution in [1.82, 2.24) is 19.5 Å². The Balaban J connectivity index is 2.21. The molecular weight excluding hydrogens is 364 g/mol. The number of nitrogens with zero attached hydrogens (tertiary/aromatic N) is 4. The lowest BCUT2D eigenvalue weighted by Crippen LogP contribution is -2.05. The van der Waals surface area contributed by atoms with Crippen LogP contribution >= 0.6 is 0 Å². The Kier molecular flexibility index (Phi) is 6.52. The SMILES string of the molecule is CCC[C@H](CO)c1cn(C)c2nc(-c3ccc(C(C)C)nc3OC)c(CC)nc12. The summed E-state index contributed by atoms with van der Waals surface area (Å²) in [6.45, 7) is 8.57. The minimum atomic E-state index is 0.0788. The van der Waals surface area contributed by atoms with Crippen LogP contribution < -0.4 is 4.74 Å². The maximum absolute atomic E-state index is 9.90. The van der Waals surface area contributed by atoms with Gasteiger partial charge in [-0.2, -0.15) is 0 Å². The van der Waals surface area contributed by atoms with Gasteiger partial charge >= 0.3 is 0 Å². The number of aliphatic hydroxyl groups is 1. The first-order chi connectivity index (χ1) is 13.9.